The molecule has 4 rings (SSSR count). The second-order valence-corrected chi connectivity index (χ2v) is 8.68. The Kier molecular flexibility index (Phi) is 6.49. The van der Waals surface area contributed by atoms with Crippen LogP contribution in [-0.4, -0.2) is 71.1 Å². The molecular weight excluding hydrogens is 434 g/mol. The van der Waals surface area contributed by atoms with Gasteiger partial charge in [-0.15, -0.1) is 0 Å². The van der Waals surface area contributed by atoms with Gasteiger partial charge in [0.1, 0.15) is 0 Å². The van der Waals surface area contributed by atoms with Crippen LogP contribution in [0.1, 0.15) is 44.9 Å². The number of nitrogens with one attached hydrogen (secondary N) is 1. The number of carbonyl (C=O) groups is 4. The molecule has 1 aliphatic heterocycles. The molecule has 0 saturated carbocycles. The smallest absolute Gasteiger partial charge is 0.339 e. The van der Waals surface area contributed by atoms with Gasteiger partial charge in [0.15, 0.2) is 0 Å². The summed E-state index contributed by atoms with van der Waals surface area (Å²) in [7, 11) is 1.28. The number of aromatic amines is 1. The second-order valence-electron chi connectivity index (χ2n) is 8.68. The van der Waals surface area contributed by atoms with E-state index >= 15 is 0 Å². The summed E-state index contributed by atoms with van der Waals surface area (Å²) in [5, 5.41) is 0.486. The van der Waals surface area contributed by atoms with Crippen molar-refractivity contribution in [2.24, 2.45) is 5.92 Å². The first-order valence-corrected chi connectivity index (χ1v) is 11.2. The molecule has 8 nitrogen and oxygen atoms in total. The molecule has 0 bridgehead atoms. The van der Waals surface area contributed by atoms with E-state index in [9.17, 15) is 19.2 Å². The predicted octanol–water partition coefficient (Wildman–Crippen LogP) is 3.15. The van der Waals surface area contributed by atoms with Crippen molar-refractivity contribution in [1.82, 2.24) is 14.8 Å². The Hall–Kier alpha value is -3.94. The predicted molar refractivity (Wildman–Crippen MR) is 127 cm³/mol. The number of aromatic nitrogens is 1. The first kappa shape index (κ1) is 23.2. The normalized spacial score (nSPS) is 16.1. The lowest BCUT2D eigenvalue weighted by Gasteiger charge is -2.43. The number of esters is 1. The van der Waals surface area contributed by atoms with Gasteiger partial charge in [-0.1, -0.05) is 44.2 Å². The number of benzene rings is 2. The molecule has 1 N–H and O–H groups in total. The molecule has 1 aliphatic rings. The fourth-order valence-electron chi connectivity index (χ4n) is 4.44. The van der Waals surface area contributed by atoms with Crippen molar-refractivity contribution in [2.45, 2.75) is 19.9 Å². The number of methoxy groups -OCH3 is 1. The van der Waals surface area contributed by atoms with Crippen molar-refractivity contribution in [2.75, 3.05) is 26.7 Å². The Morgan fingerprint density at radius 1 is 0.971 bits per heavy atom. The number of carbonyl (C=O) groups excluding carboxylic acids is 4. The highest BCUT2D eigenvalue weighted by Gasteiger charge is 2.37. The average molecular weight is 462 g/mol. The Labute approximate surface area is 197 Å². The number of ether oxygens (including phenoxy) is 1. The van der Waals surface area contributed by atoms with Crippen LogP contribution < -0.4 is 0 Å². The lowest BCUT2D eigenvalue weighted by molar-refractivity contribution is -0.129. The third kappa shape index (κ3) is 4.19. The maximum absolute atomic E-state index is 13.2. The van der Waals surface area contributed by atoms with Gasteiger partial charge in [0.05, 0.1) is 29.8 Å². The van der Waals surface area contributed by atoms with Crippen LogP contribution in [-0.2, 0) is 9.53 Å². The zero-order valence-corrected chi connectivity index (χ0v) is 19.4. The van der Waals surface area contributed by atoms with E-state index in [1.165, 1.54) is 18.2 Å². The summed E-state index contributed by atoms with van der Waals surface area (Å²) < 4.78 is 4.80. The Morgan fingerprint density at radius 3 is 2.38 bits per heavy atom. The minimum Gasteiger partial charge on any atom is -0.465 e. The zero-order valence-electron chi connectivity index (χ0n) is 19.4. The van der Waals surface area contributed by atoms with E-state index in [2.05, 4.69) is 4.98 Å². The molecule has 0 spiro atoms. The van der Waals surface area contributed by atoms with E-state index in [0.717, 1.165) is 0 Å². The molecule has 2 aromatic carbocycles. The van der Waals surface area contributed by atoms with Gasteiger partial charge in [-0.2, -0.15) is 0 Å². The number of amides is 2. The average Bonchev–Trinajstić information content (AvgIpc) is 3.31. The van der Waals surface area contributed by atoms with Crippen LogP contribution in [0.4, 0.5) is 0 Å². The zero-order chi connectivity index (χ0) is 24.4. The summed E-state index contributed by atoms with van der Waals surface area (Å²) in [4.78, 5) is 57.7. The van der Waals surface area contributed by atoms with E-state index in [0.29, 0.717) is 28.6 Å². The number of piperazine rings is 1. The Morgan fingerprint density at radius 2 is 1.71 bits per heavy atom. The van der Waals surface area contributed by atoms with Gasteiger partial charge in [0.2, 0.25) is 0 Å². The van der Waals surface area contributed by atoms with Gasteiger partial charge in [0, 0.05) is 36.8 Å². The summed E-state index contributed by atoms with van der Waals surface area (Å²) in [5.41, 5.74) is 1.54. The van der Waals surface area contributed by atoms with E-state index in [-0.39, 0.29) is 36.5 Å². The van der Waals surface area contributed by atoms with Crippen molar-refractivity contribution in [3.63, 3.8) is 0 Å². The third-order valence-electron chi connectivity index (χ3n) is 6.32. The fraction of sp³-hybridized carbons (Fsp3) is 0.308. The number of fused-ring (bicyclic) bond motifs is 1. The topological polar surface area (TPSA) is 99.8 Å². The van der Waals surface area contributed by atoms with Gasteiger partial charge in [-0.25, -0.2) is 4.79 Å². The molecule has 176 valence electrons. The first-order chi connectivity index (χ1) is 16.3. The number of Topliss-reactive ketones (excluding diaryl/α,β-unsaturated/α-hetero) is 1. The third-order valence-corrected chi connectivity index (χ3v) is 6.32. The maximum Gasteiger partial charge on any atom is 0.339 e. The molecule has 2 amide bonds. The monoisotopic (exact) mass is 461 g/mol. The molecule has 34 heavy (non-hydrogen) atoms. The van der Waals surface area contributed by atoms with Gasteiger partial charge >= 0.3 is 5.97 Å². The van der Waals surface area contributed by atoms with Crippen molar-refractivity contribution in [3.05, 3.63) is 71.4 Å². The molecule has 1 unspecified atom stereocenters. The fourth-order valence-corrected chi connectivity index (χ4v) is 4.44. The summed E-state index contributed by atoms with van der Waals surface area (Å²) in [5.74, 6) is -1.80. The van der Waals surface area contributed by atoms with Gasteiger partial charge < -0.3 is 19.5 Å². The number of ketones is 1. The van der Waals surface area contributed by atoms with E-state index < -0.39 is 17.7 Å². The van der Waals surface area contributed by atoms with Crippen molar-refractivity contribution >= 4 is 34.5 Å². The number of hydrogen-bond acceptors (Lipinski definition) is 5. The molecule has 1 saturated heterocycles. The number of rotatable bonds is 5. The van der Waals surface area contributed by atoms with Crippen LogP contribution in [0.2, 0.25) is 0 Å². The van der Waals surface area contributed by atoms with Crippen LogP contribution >= 0.6 is 0 Å². The Bertz CT molecular complexity index is 1250. The van der Waals surface area contributed by atoms with Gasteiger partial charge in [0.25, 0.3) is 17.6 Å². The molecule has 1 atom stereocenters. The minimum atomic E-state index is -0.654. The molecule has 3 aromatic rings. The molecule has 8 heteroatoms. The highest BCUT2D eigenvalue weighted by Crippen LogP contribution is 2.25. The molecule has 1 aromatic heterocycles. The molecule has 0 radical (unpaired) electrons. The van der Waals surface area contributed by atoms with Gasteiger partial charge in [-0.3, -0.25) is 14.4 Å². The lowest BCUT2D eigenvalue weighted by Crippen LogP contribution is -2.59. The maximum atomic E-state index is 13.2. The van der Waals surface area contributed by atoms with Crippen LogP contribution in [0.15, 0.2) is 54.7 Å². The van der Waals surface area contributed by atoms with E-state index in [1.807, 2.05) is 32.0 Å². The summed E-state index contributed by atoms with van der Waals surface area (Å²) in [6.45, 7) is 4.88. The standard InChI is InChI=1S/C26H27N3O5/c1-16(2)21-15-28(12-13-29(21)24(31)17-8-5-4-6-9-17)25(32)23(30)20-14-27-22-18(20)10-7-11-19(22)26(33)34-3/h4-11,14,16,21,27H,12-13,15H2,1-3H3. The molecule has 2 heterocycles. The molecular formula is C26H27N3O5. The molecule has 0 aliphatic carbocycles. The van der Waals surface area contributed by atoms with Crippen LogP contribution in [0, 0.1) is 5.92 Å². The van der Waals surface area contributed by atoms with E-state index in [1.54, 1.807) is 35.2 Å². The van der Waals surface area contributed by atoms with Crippen LogP contribution in [0.3, 0.4) is 0 Å². The number of H-pyrrole nitrogens is 1. The van der Waals surface area contributed by atoms with Crippen LogP contribution in [0.5, 0.6) is 0 Å². The second kappa shape index (κ2) is 9.51. The van der Waals surface area contributed by atoms with Gasteiger partial charge in [-0.05, 0) is 24.1 Å². The number of nitrogens with zero attached hydrogens (tertiary/aromatic N) is 2. The Balaban J connectivity index is 1.55. The lowest BCUT2D eigenvalue weighted by atomic mass is 9.97. The SMILES string of the molecule is COC(=O)c1cccc2c(C(=O)C(=O)N3CCN(C(=O)c4ccccc4)C(C(C)C)C3)c[nH]c12. The number of para-hydroxylation sites is 1. The van der Waals surface area contributed by atoms with Crippen LogP contribution in [0.25, 0.3) is 10.9 Å². The summed E-state index contributed by atoms with van der Waals surface area (Å²) in [6, 6.07) is 13.8. The highest BCUT2D eigenvalue weighted by molar-refractivity contribution is 6.45. The minimum absolute atomic E-state index is 0.0790. The first-order valence-electron chi connectivity index (χ1n) is 11.2. The van der Waals surface area contributed by atoms with Crippen molar-refractivity contribution in [1.29, 1.82) is 0 Å². The van der Waals surface area contributed by atoms with Crippen molar-refractivity contribution in [3.8, 4) is 0 Å². The molecule has 1 fully saturated rings. The summed E-state index contributed by atoms with van der Waals surface area (Å²) >= 11 is 0. The number of hydrogen-bond donors (Lipinski definition) is 1. The summed E-state index contributed by atoms with van der Waals surface area (Å²) in [6.07, 6.45) is 1.45. The quantitative estimate of drug-likeness (QED) is 0.358. The largest absolute Gasteiger partial charge is 0.465 e. The highest BCUT2D eigenvalue weighted by atomic mass is 16.5. The van der Waals surface area contributed by atoms with Crippen molar-refractivity contribution < 1.29 is 23.9 Å². The van der Waals surface area contributed by atoms with E-state index in [4.69, 9.17) is 4.74 Å².